The molecule has 1 nitrogen and oxygen atoms in total. The average molecular weight is 218 g/mol. The lowest BCUT2D eigenvalue weighted by Crippen LogP contribution is -2.17. The van der Waals surface area contributed by atoms with Crippen molar-refractivity contribution in [3.05, 3.63) is 34.9 Å². The molecule has 1 heteroatoms. The van der Waals surface area contributed by atoms with E-state index >= 15 is 0 Å². The van der Waals surface area contributed by atoms with Crippen molar-refractivity contribution in [2.75, 3.05) is 0 Å². The Morgan fingerprint density at radius 1 is 1.31 bits per heavy atom. The van der Waals surface area contributed by atoms with E-state index in [1.807, 2.05) is 13.8 Å². The largest absolute Gasteiger partial charge is 0.303 e. The van der Waals surface area contributed by atoms with Crippen molar-refractivity contribution in [1.29, 1.82) is 0 Å². The van der Waals surface area contributed by atoms with Gasteiger partial charge in [-0.1, -0.05) is 45.9 Å². The Morgan fingerprint density at radius 2 is 1.94 bits per heavy atom. The summed E-state index contributed by atoms with van der Waals surface area (Å²) in [6.07, 6.45) is 1.86. The van der Waals surface area contributed by atoms with Gasteiger partial charge >= 0.3 is 0 Å². The molecular weight excluding hydrogens is 196 g/mol. The molecule has 0 aliphatic heterocycles. The van der Waals surface area contributed by atoms with Crippen molar-refractivity contribution >= 4 is 6.29 Å². The lowest BCUT2D eigenvalue weighted by molar-refractivity contribution is -0.114. The number of carbonyl (C=O) groups excluding carboxylic acids is 1. The Bertz CT molecular complexity index is 375. The van der Waals surface area contributed by atoms with Crippen molar-refractivity contribution in [3.8, 4) is 0 Å². The summed E-state index contributed by atoms with van der Waals surface area (Å²) in [6.45, 7) is 10.5. The third-order valence-corrected chi connectivity index (χ3v) is 3.00. The van der Waals surface area contributed by atoms with E-state index in [9.17, 15) is 4.79 Å². The van der Waals surface area contributed by atoms with Crippen molar-refractivity contribution in [3.63, 3.8) is 0 Å². The van der Waals surface area contributed by atoms with Gasteiger partial charge in [-0.2, -0.15) is 0 Å². The Balaban J connectivity index is 2.96. The van der Waals surface area contributed by atoms with Crippen LogP contribution in [0.25, 0.3) is 0 Å². The monoisotopic (exact) mass is 218 g/mol. The third-order valence-electron chi connectivity index (χ3n) is 3.00. The first kappa shape index (κ1) is 13.0. The van der Waals surface area contributed by atoms with Crippen molar-refractivity contribution in [2.24, 2.45) is 5.41 Å². The van der Waals surface area contributed by atoms with Crippen LogP contribution in [0.2, 0.25) is 0 Å². The first-order chi connectivity index (χ1) is 7.35. The standard InChI is InChI=1S/C15H22O/c1-11(2)13-6-7-14(12(3)8-13)9-15(4,5)10-16/h6-8,10-11H,9H2,1-5H3. The van der Waals surface area contributed by atoms with E-state index in [0.29, 0.717) is 5.92 Å². The van der Waals surface area contributed by atoms with Gasteiger partial charge in [0.25, 0.3) is 0 Å². The van der Waals surface area contributed by atoms with Gasteiger partial charge in [0.1, 0.15) is 6.29 Å². The van der Waals surface area contributed by atoms with Gasteiger partial charge in [0.2, 0.25) is 0 Å². The zero-order valence-corrected chi connectivity index (χ0v) is 11.0. The number of aryl methyl sites for hydroxylation is 1. The lowest BCUT2D eigenvalue weighted by atomic mass is 9.85. The minimum absolute atomic E-state index is 0.260. The molecule has 1 aromatic carbocycles. The van der Waals surface area contributed by atoms with Gasteiger partial charge in [-0.05, 0) is 36.0 Å². The van der Waals surface area contributed by atoms with Crippen LogP contribution in [0, 0.1) is 12.3 Å². The molecule has 0 radical (unpaired) electrons. The molecule has 1 aromatic rings. The van der Waals surface area contributed by atoms with Crippen LogP contribution in [0.4, 0.5) is 0 Å². The predicted molar refractivity (Wildman–Crippen MR) is 68.8 cm³/mol. The van der Waals surface area contributed by atoms with Gasteiger partial charge in [-0.15, -0.1) is 0 Å². The zero-order valence-electron chi connectivity index (χ0n) is 11.0. The van der Waals surface area contributed by atoms with E-state index < -0.39 is 0 Å². The van der Waals surface area contributed by atoms with Crippen molar-refractivity contribution in [2.45, 2.75) is 47.0 Å². The van der Waals surface area contributed by atoms with Crippen LogP contribution in [0.15, 0.2) is 18.2 Å². The lowest BCUT2D eigenvalue weighted by Gasteiger charge is -2.19. The van der Waals surface area contributed by atoms with Gasteiger partial charge in [-0.25, -0.2) is 0 Å². The topological polar surface area (TPSA) is 17.1 Å². The summed E-state index contributed by atoms with van der Waals surface area (Å²) in [4.78, 5) is 10.9. The summed E-state index contributed by atoms with van der Waals surface area (Å²) in [5.41, 5.74) is 3.68. The molecule has 0 amide bonds. The van der Waals surface area contributed by atoms with Gasteiger partial charge < -0.3 is 4.79 Å². The normalized spacial score (nSPS) is 11.9. The summed E-state index contributed by atoms with van der Waals surface area (Å²) < 4.78 is 0. The number of carbonyl (C=O) groups is 1. The van der Waals surface area contributed by atoms with Gasteiger partial charge in [0.05, 0.1) is 0 Å². The SMILES string of the molecule is Cc1cc(C(C)C)ccc1CC(C)(C)C=O. The maximum absolute atomic E-state index is 10.9. The first-order valence-corrected chi connectivity index (χ1v) is 5.91. The molecular formula is C15H22O. The molecule has 0 saturated heterocycles. The molecule has 0 spiro atoms. The second kappa shape index (κ2) is 4.82. The van der Waals surface area contributed by atoms with Crippen molar-refractivity contribution < 1.29 is 4.79 Å². The zero-order chi connectivity index (χ0) is 12.3. The molecule has 0 N–H and O–H groups in total. The Hall–Kier alpha value is -1.11. The van der Waals surface area contributed by atoms with Gasteiger partial charge in [0, 0.05) is 5.41 Å². The summed E-state index contributed by atoms with van der Waals surface area (Å²) in [6, 6.07) is 6.57. The maximum Gasteiger partial charge on any atom is 0.125 e. The molecule has 1 rings (SSSR count). The van der Waals surface area contributed by atoms with E-state index in [0.717, 1.165) is 12.7 Å². The number of hydrogen-bond donors (Lipinski definition) is 0. The van der Waals surface area contributed by atoms with Crippen LogP contribution in [-0.2, 0) is 11.2 Å². The van der Waals surface area contributed by atoms with Gasteiger partial charge in [0.15, 0.2) is 0 Å². The van der Waals surface area contributed by atoms with Crippen LogP contribution < -0.4 is 0 Å². The summed E-state index contributed by atoms with van der Waals surface area (Å²) in [7, 11) is 0. The highest BCUT2D eigenvalue weighted by atomic mass is 16.1. The van der Waals surface area contributed by atoms with Crippen LogP contribution >= 0.6 is 0 Å². The highest BCUT2D eigenvalue weighted by Gasteiger charge is 2.18. The second-order valence-electron chi connectivity index (χ2n) is 5.62. The number of hydrogen-bond acceptors (Lipinski definition) is 1. The molecule has 0 atom stereocenters. The summed E-state index contributed by atoms with van der Waals surface area (Å²) in [5, 5.41) is 0. The number of benzene rings is 1. The Labute approximate surface area is 98.9 Å². The summed E-state index contributed by atoms with van der Waals surface area (Å²) >= 11 is 0. The first-order valence-electron chi connectivity index (χ1n) is 5.91. The fourth-order valence-corrected chi connectivity index (χ4v) is 1.81. The van der Waals surface area contributed by atoms with Crippen molar-refractivity contribution in [1.82, 2.24) is 0 Å². The van der Waals surface area contributed by atoms with Crippen LogP contribution in [-0.4, -0.2) is 6.29 Å². The van der Waals surface area contributed by atoms with Crippen LogP contribution in [0.5, 0.6) is 0 Å². The highest BCUT2D eigenvalue weighted by molar-refractivity contribution is 5.59. The molecule has 0 aromatic heterocycles. The minimum atomic E-state index is -0.260. The molecule has 16 heavy (non-hydrogen) atoms. The quantitative estimate of drug-likeness (QED) is 0.701. The molecule has 0 aliphatic carbocycles. The third kappa shape index (κ3) is 3.19. The fraction of sp³-hybridized carbons (Fsp3) is 0.533. The fourth-order valence-electron chi connectivity index (χ4n) is 1.81. The summed E-state index contributed by atoms with van der Waals surface area (Å²) in [5.74, 6) is 0.562. The van der Waals surface area contributed by atoms with E-state index in [1.165, 1.54) is 16.7 Å². The van der Waals surface area contributed by atoms with E-state index in [2.05, 4.69) is 39.0 Å². The van der Waals surface area contributed by atoms with E-state index in [-0.39, 0.29) is 5.41 Å². The van der Waals surface area contributed by atoms with Gasteiger partial charge in [-0.3, -0.25) is 0 Å². The Kier molecular flexibility index (Phi) is 3.90. The molecule has 0 heterocycles. The smallest absolute Gasteiger partial charge is 0.125 e. The minimum Gasteiger partial charge on any atom is -0.303 e. The van der Waals surface area contributed by atoms with E-state index in [4.69, 9.17) is 0 Å². The molecule has 0 saturated carbocycles. The molecule has 0 bridgehead atoms. The maximum atomic E-state index is 10.9. The molecule has 0 unspecified atom stereocenters. The van der Waals surface area contributed by atoms with Crippen LogP contribution in [0.3, 0.4) is 0 Å². The van der Waals surface area contributed by atoms with E-state index in [1.54, 1.807) is 0 Å². The molecule has 0 aliphatic rings. The second-order valence-corrected chi connectivity index (χ2v) is 5.62. The molecule has 0 fully saturated rings. The van der Waals surface area contributed by atoms with Crippen LogP contribution in [0.1, 0.15) is 50.3 Å². The number of rotatable bonds is 4. The predicted octanol–water partition coefficient (Wildman–Crippen LogP) is 3.89. The average Bonchev–Trinajstić information content (AvgIpc) is 2.20. The Morgan fingerprint density at radius 3 is 2.38 bits per heavy atom. The molecule has 88 valence electrons. The highest BCUT2D eigenvalue weighted by Crippen LogP contribution is 2.24. The number of aldehydes is 1.